The maximum absolute atomic E-state index is 13.7. The number of ether oxygens (including phenoxy) is 1. The number of benzene rings is 2. The van der Waals surface area contributed by atoms with Crippen LogP contribution in [0.25, 0.3) is 11.1 Å². The Balaban J connectivity index is 2.71. The van der Waals surface area contributed by atoms with Gasteiger partial charge in [0, 0.05) is 11.6 Å². The molecule has 0 aliphatic carbocycles. The topological polar surface area (TPSA) is 45.0 Å². The lowest BCUT2D eigenvalue weighted by Crippen LogP contribution is -2.13. The largest absolute Gasteiger partial charge is 0.496 e. The molecule has 0 fully saturated rings. The lowest BCUT2D eigenvalue weighted by atomic mass is 9.93. The minimum atomic E-state index is -0.318. The van der Waals surface area contributed by atoms with Crippen LogP contribution in [0.4, 0.5) is 4.39 Å². The molecule has 21 heavy (non-hydrogen) atoms. The van der Waals surface area contributed by atoms with Gasteiger partial charge >= 0.3 is 0 Å². The van der Waals surface area contributed by atoms with E-state index in [-0.39, 0.29) is 11.9 Å². The lowest BCUT2D eigenvalue weighted by Gasteiger charge is -2.18. The first-order valence-electron chi connectivity index (χ1n) is 6.66. The summed E-state index contributed by atoms with van der Waals surface area (Å²) < 4.78 is 19.0. The van der Waals surface area contributed by atoms with Gasteiger partial charge in [0.05, 0.1) is 18.7 Å². The summed E-state index contributed by atoms with van der Waals surface area (Å²) in [5.41, 5.74) is 2.91. The number of hydrogen-bond acceptors (Lipinski definition) is 3. The quantitative estimate of drug-likeness (QED) is 0.932. The van der Waals surface area contributed by atoms with E-state index in [0.29, 0.717) is 16.9 Å². The molecule has 2 aromatic rings. The lowest BCUT2D eigenvalue weighted by molar-refractivity contribution is 0.416. The van der Waals surface area contributed by atoms with Gasteiger partial charge in [0.2, 0.25) is 0 Å². The van der Waals surface area contributed by atoms with Crippen molar-refractivity contribution in [1.82, 2.24) is 5.32 Å². The number of nitrogens with zero attached hydrogens (tertiary/aromatic N) is 1. The van der Waals surface area contributed by atoms with E-state index in [2.05, 4.69) is 11.4 Å². The summed E-state index contributed by atoms with van der Waals surface area (Å²) in [5, 5.41) is 12.2. The molecule has 0 heterocycles. The van der Waals surface area contributed by atoms with Gasteiger partial charge in [-0.1, -0.05) is 6.07 Å². The number of nitrogens with one attached hydrogen (secondary N) is 1. The third-order valence-corrected chi connectivity index (χ3v) is 3.53. The maximum Gasteiger partial charge on any atom is 0.126 e. The Bertz CT molecular complexity index is 692. The van der Waals surface area contributed by atoms with E-state index in [9.17, 15) is 4.39 Å². The van der Waals surface area contributed by atoms with E-state index in [1.165, 1.54) is 12.1 Å². The van der Waals surface area contributed by atoms with Crippen LogP contribution in [0.15, 0.2) is 36.4 Å². The van der Waals surface area contributed by atoms with E-state index in [0.717, 1.165) is 11.1 Å². The fraction of sp³-hybridized carbons (Fsp3) is 0.235. The molecule has 1 atom stereocenters. The first-order valence-corrected chi connectivity index (χ1v) is 6.66. The standard InChI is InChI=1S/C17H17FN2O/c1-11(20-2)14-6-5-13(18)9-15(14)16-8-12(10-19)4-7-17(16)21-3/h4-9,11,20H,1-3H3. The fourth-order valence-corrected chi connectivity index (χ4v) is 2.28. The third-order valence-electron chi connectivity index (χ3n) is 3.53. The first kappa shape index (κ1) is 15.0. The van der Waals surface area contributed by atoms with Crippen LogP contribution < -0.4 is 10.1 Å². The molecular formula is C17H17FN2O. The first-order chi connectivity index (χ1) is 10.1. The van der Waals surface area contributed by atoms with Crippen LogP contribution in [0.1, 0.15) is 24.1 Å². The van der Waals surface area contributed by atoms with Crippen LogP contribution in [-0.2, 0) is 0 Å². The van der Waals surface area contributed by atoms with E-state index < -0.39 is 0 Å². The molecule has 0 radical (unpaired) electrons. The Morgan fingerprint density at radius 2 is 1.95 bits per heavy atom. The number of rotatable bonds is 4. The molecule has 1 unspecified atom stereocenters. The van der Waals surface area contributed by atoms with Crippen LogP contribution >= 0.6 is 0 Å². The fourth-order valence-electron chi connectivity index (χ4n) is 2.28. The SMILES string of the molecule is CNC(C)c1ccc(F)cc1-c1cc(C#N)ccc1OC. The average molecular weight is 284 g/mol. The minimum Gasteiger partial charge on any atom is -0.496 e. The van der Waals surface area contributed by atoms with Crippen molar-refractivity contribution >= 4 is 0 Å². The Morgan fingerprint density at radius 1 is 1.19 bits per heavy atom. The normalized spacial score (nSPS) is 11.8. The maximum atomic E-state index is 13.7. The van der Waals surface area contributed by atoms with E-state index in [1.807, 2.05) is 14.0 Å². The molecule has 2 aromatic carbocycles. The van der Waals surface area contributed by atoms with Crippen LogP contribution in [0.5, 0.6) is 5.75 Å². The van der Waals surface area contributed by atoms with Crippen LogP contribution in [0.3, 0.4) is 0 Å². The highest BCUT2D eigenvalue weighted by atomic mass is 19.1. The molecule has 0 aliphatic heterocycles. The number of halogens is 1. The van der Waals surface area contributed by atoms with Crippen molar-refractivity contribution in [2.75, 3.05) is 14.2 Å². The van der Waals surface area contributed by atoms with Crippen LogP contribution in [-0.4, -0.2) is 14.2 Å². The van der Waals surface area contributed by atoms with E-state index in [4.69, 9.17) is 10.00 Å². The average Bonchev–Trinajstić information content (AvgIpc) is 2.53. The van der Waals surface area contributed by atoms with Crippen molar-refractivity contribution in [3.8, 4) is 22.9 Å². The zero-order valence-electron chi connectivity index (χ0n) is 12.3. The summed E-state index contributed by atoms with van der Waals surface area (Å²) in [6.07, 6.45) is 0. The van der Waals surface area contributed by atoms with Gasteiger partial charge in [-0.05, 0) is 55.4 Å². The molecular weight excluding hydrogens is 267 g/mol. The Hall–Kier alpha value is -2.38. The van der Waals surface area contributed by atoms with Crippen LogP contribution in [0.2, 0.25) is 0 Å². The zero-order chi connectivity index (χ0) is 15.4. The molecule has 3 nitrogen and oxygen atoms in total. The van der Waals surface area contributed by atoms with Crippen molar-refractivity contribution in [2.45, 2.75) is 13.0 Å². The summed E-state index contributed by atoms with van der Waals surface area (Å²) in [4.78, 5) is 0. The van der Waals surface area contributed by atoms with Gasteiger partial charge in [0.25, 0.3) is 0 Å². The molecule has 0 bridgehead atoms. The predicted molar refractivity (Wildman–Crippen MR) is 80.6 cm³/mol. The van der Waals surface area contributed by atoms with Crippen molar-refractivity contribution in [3.63, 3.8) is 0 Å². The molecule has 1 N–H and O–H groups in total. The molecule has 0 amide bonds. The molecule has 0 spiro atoms. The van der Waals surface area contributed by atoms with Crippen molar-refractivity contribution in [2.24, 2.45) is 0 Å². The van der Waals surface area contributed by atoms with Crippen molar-refractivity contribution < 1.29 is 9.13 Å². The predicted octanol–water partition coefficient (Wildman–Crippen LogP) is 3.65. The minimum absolute atomic E-state index is 0.0519. The summed E-state index contributed by atoms with van der Waals surface area (Å²) in [6.45, 7) is 2.00. The smallest absolute Gasteiger partial charge is 0.126 e. The summed E-state index contributed by atoms with van der Waals surface area (Å²) in [5.74, 6) is 0.297. The van der Waals surface area contributed by atoms with Crippen molar-refractivity contribution in [1.29, 1.82) is 5.26 Å². The molecule has 2 rings (SSSR count). The zero-order valence-corrected chi connectivity index (χ0v) is 12.3. The van der Waals surface area contributed by atoms with Gasteiger partial charge in [-0.15, -0.1) is 0 Å². The van der Waals surface area contributed by atoms with Gasteiger partial charge in [-0.25, -0.2) is 4.39 Å². The highest BCUT2D eigenvalue weighted by Gasteiger charge is 2.15. The molecule has 0 saturated carbocycles. The summed E-state index contributed by atoms with van der Waals surface area (Å²) >= 11 is 0. The Kier molecular flexibility index (Phi) is 4.56. The number of methoxy groups -OCH3 is 1. The second-order valence-electron chi connectivity index (χ2n) is 4.77. The molecule has 108 valence electrons. The number of nitriles is 1. The van der Waals surface area contributed by atoms with Gasteiger partial charge in [0.1, 0.15) is 11.6 Å². The molecule has 4 heteroatoms. The third kappa shape index (κ3) is 3.04. The Labute approximate surface area is 124 Å². The summed E-state index contributed by atoms with van der Waals surface area (Å²) in [6, 6.07) is 12.0. The molecule has 0 saturated heterocycles. The molecule has 0 aromatic heterocycles. The van der Waals surface area contributed by atoms with Gasteiger partial charge in [-0.2, -0.15) is 5.26 Å². The van der Waals surface area contributed by atoms with Gasteiger partial charge < -0.3 is 10.1 Å². The van der Waals surface area contributed by atoms with Crippen molar-refractivity contribution in [3.05, 3.63) is 53.3 Å². The highest BCUT2D eigenvalue weighted by molar-refractivity contribution is 5.75. The number of hydrogen-bond donors (Lipinski definition) is 1. The van der Waals surface area contributed by atoms with Crippen LogP contribution in [0, 0.1) is 17.1 Å². The van der Waals surface area contributed by atoms with E-state index >= 15 is 0 Å². The molecule has 0 aliphatic rings. The van der Waals surface area contributed by atoms with E-state index in [1.54, 1.807) is 31.4 Å². The monoisotopic (exact) mass is 284 g/mol. The second-order valence-corrected chi connectivity index (χ2v) is 4.77. The Morgan fingerprint density at radius 3 is 2.57 bits per heavy atom. The van der Waals surface area contributed by atoms with Gasteiger partial charge in [0.15, 0.2) is 0 Å². The van der Waals surface area contributed by atoms with Gasteiger partial charge in [-0.3, -0.25) is 0 Å². The second kappa shape index (κ2) is 6.38. The summed E-state index contributed by atoms with van der Waals surface area (Å²) in [7, 11) is 3.41. The highest BCUT2D eigenvalue weighted by Crippen LogP contribution is 2.36.